The van der Waals surface area contributed by atoms with E-state index in [0.29, 0.717) is 12.0 Å². The molecular formula is C24H36N2O. The molecule has 27 heavy (non-hydrogen) atoms. The zero-order valence-corrected chi connectivity index (χ0v) is 17.3. The molecular weight excluding hydrogens is 332 g/mol. The lowest BCUT2D eigenvalue weighted by Gasteiger charge is -2.36. The van der Waals surface area contributed by atoms with E-state index in [1.807, 2.05) is 0 Å². The van der Waals surface area contributed by atoms with E-state index < -0.39 is 0 Å². The van der Waals surface area contributed by atoms with Gasteiger partial charge in [0.05, 0.1) is 6.10 Å². The largest absolute Gasteiger partial charge is 0.392 e. The average molecular weight is 369 g/mol. The van der Waals surface area contributed by atoms with Crippen LogP contribution < -0.4 is 0 Å². The van der Waals surface area contributed by atoms with Gasteiger partial charge >= 0.3 is 0 Å². The van der Waals surface area contributed by atoms with E-state index in [1.165, 1.54) is 48.9 Å². The van der Waals surface area contributed by atoms with Crippen LogP contribution >= 0.6 is 0 Å². The van der Waals surface area contributed by atoms with Gasteiger partial charge in [-0.2, -0.15) is 0 Å². The van der Waals surface area contributed by atoms with E-state index in [9.17, 15) is 5.11 Å². The number of hydrogen-bond donors (Lipinski definition) is 1. The molecule has 1 aromatic carbocycles. The molecule has 0 amide bonds. The number of aryl methyl sites for hydroxylation is 1. The first-order valence-corrected chi connectivity index (χ1v) is 10.6. The Kier molecular flexibility index (Phi) is 7.14. The zero-order chi connectivity index (χ0) is 19.2. The standard InChI is InChI=1S/C24H36N2O/c1-19(2)24(27)18-26(22-12-5-4-6-13-22)17-23-14-9-15-25(23)16-21-11-8-7-10-20(21)3/h7-11,14-15,19,22,24,27H,4-6,12-13,16-18H2,1-3H3/t24-/m1/s1. The number of nitrogens with zero attached hydrogens (tertiary/aromatic N) is 2. The molecule has 1 aliphatic carbocycles. The molecule has 1 fully saturated rings. The molecule has 0 unspecified atom stereocenters. The number of aliphatic hydroxyl groups is 1. The smallest absolute Gasteiger partial charge is 0.0690 e. The van der Waals surface area contributed by atoms with Crippen molar-refractivity contribution in [2.45, 2.75) is 78.1 Å². The molecule has 1 N–H and O–H groups in total. The summed E-state index contributed by atoms with van der Waals surface area (Å²) in [5.41, 5.74) is 4.07. The summed E-state index contributed by atoms with van der Waals surface area (Å²) < 4.78 is 2.37. The van der Waals surface area contributed by atoms with Crippen molar-refractivity contribution in [3.8, 4) is 0 Å². The molecule has 3 nitrogen and oxygen atoms in total. The Bertz CT molecular complexity index is 700. The third kappa shape index (κ3) is 5.46. The summed E-state index contributed by atoms with van der Waals surface area (Å²) in [7, 11) is 0. The Balaban J connectivity index is 1.75. The minimum atomic E-state index is -0.258. The first-order valence-electron chi connectivity index (χ1n) is 10.6. The first-order chi connectivity index (χ1) is 13.0. The summed E-state index contributed by atoms with van der Waals surface area (Å²) in [6, 6.07) is 13.6. The van der Waals surface area contributed by atoms with Gasteiger partial charge in [-0.1, -0.05) is 57.4 Å². The van der Waals surface area contributed by atoms with Crippen LogP contribution in [0.25, 0.3) is 0 Å². The van der Waals surface area contributed by atoms with E-state index in [-0.39, 0.29) is 6.10 Å². The molecule has 0 saturated heterocycles. The van der Waals surface area contributed by atoms with Crippen molar-refractivity contribution in [3.63, 3.8) is 0 Å². The van der Waals surface area contributed by atoms with Gasteiger partial charge in [-0.3, -0.25) is 4.90 Å². The first kappa shape index (κ1) is 20.2. The van der Waals surface area contributed by atoms with Gasteiger partial charge in [-0.15, -0.1) is 0 Å². The molecule has 0 aliphatic heterocycles. The highest BCUT2D eigenvalue weighted by Crippen LogP contribution is 2.25. The third-order valence-corrected chi connectivity index (χ3v) is 6.17. The molecule has 3 rings (SSSR count). The van der Waals surface area contributed by atoms with Crippen molar-refractivity contribution in [1.82, 2.24) is 9.47 Å². The van der Waals surface area contributed by atoms with E-state index in [2.05, 4.69) is 72.8 Å². The van der Waals surface area contributed by atoms with Crippen molar-refractivity contribution in [3.05, 3.63) is 59.4 Å². The lowest BCUT2D eigenvalue weighted by molar-refractivity contribution is 0.0420. The summed E-state index contributed by atoms with van der Waals surface area (Å²) >= 11 is 0. The van der Waals surface area contributed by atoms with Gasteiger partial charge in [0.25, 0.3) is 0 Å². The minimum Gasteiger partial charge on any atom is -0.392 e. The zero-order valence-electron chi connectivity index (χ0n) is 17.3. The second-order valence-electron chi connectivity index (χ2n) is 8.59. The lowest BCUT2D eigenvalue weighted by Crippen LogP contribution is -2.42. The minimum absolute atomic E-state index is 0.258. The van der Waals surface area contributed by atoms with Crippen LogP contribution in [0.5, 0.6) is 0 Å². The highest BCUT2D eigenvalue weighted by molar-refractivity contribution is 5.26. The lowest BCUT2D eigenvalue weighted by atomic mass is 9.93. The van der Waals surface area contributed by atoms with Crippen molar-refractivity contribution in [1.29, 1.82) is 0 Å². The van der Waals surface area contributed by atoms with Gasteiger partial charge in [0, 0.05) is 37.6 Å². The Morgan fingerprint density at radius 2 is 1.81 bits per heavy atom. The molecule has 0 bridgehead atoms. The number of hydrogen-bond acceptors (Lipinski definition) is 2. The average Bonchev–Trinajstić information content (AvgIpc) is 3.10. The van der Waals surface area contributed by atoms with Crippen LogP contribution in [0.15, 0.2) is 42.6 Å². The Morgan fingerprint density at radius 1 is 1.07 bits per heavy atom. The molecule has 1 heterocycles. The van der Waals surface area contributed by atoms with E-state index in [1.54, 1.807) is 0 Å². The topological polar surface area (TPSA) is 28.4 Å². The maximum absolute atomic E-state index is 10.5. The van der Waals surface area contributed by atoms with Crippen molar-refractivity contribution in [2.75, 3.05) is 6.54 Å². The Morgan fingerprint density at radius 3 is 2.52 bits per heavy atom. The Hall–Kier alpha value is -1.58. The van der Waals surface area contributed by atoms with Crippen LogP contribution in [-0.2, 0) is 13.1 Å². The highest BCUT2D eigenvalue weighted by Gasteiger charge is 2.25. The van der Waals surface area contributed by atoms with Gasteiger partial charge in [-0.25, -0.2) is 0 Å². The molecule has 1 atom stereocenters. The fraction of sp³-hybridized carbons (Fsp3) is 0.583. The van der Waals surface area contributed by atoms with Crippen LogP contribution in [0.4, 0.5) is 0 Å². The molecule has 1 saturated carbocycles. The fourth-order valence-electron chi connectivity index (χ4n) is 4.17. The molecule has 3 heteroatoms. The highest BCUT2D eigenvalue weighted by atomic mass is 16.3. The Labute approximate surface area is 165 Å². The molecule has 1 aromatic heterocycles. The second kappa shape index (κ2) is 9.57. The van der Waals surface area contributed by atoms with E-state index >= 15 is 0 Å². The van der Waals surface area contributed by atoms with Crippen LogP contribution in [-0.4, -0.2) is 33.3 Å². The van der Waals surface area contributed by atoms with Crippen molar-refractivity contribution < 1.29 is 5.11 Å². The summed E-state index contributed by atoms with van der Waals surface area (Å²) in [5.74, 6) is 0.301. The molecule has 148 valence electrons. The van der Waals surface area contributed by atoms with Gasteiger partial charge < -0.3 is 9.67 Å². The third-order valence-electron chi connectivity index (χ3n) is 6.17. The van der Waals surface area contributed by atoms with Crippen LogP contribution in [0.2, 0.25) is 0 Å². The maximum atomic E-state index is 10.5. The number of benzene rings is 1. The normalized spacial score (nSPS) is 17.0. The molecule has 1 aliphatic rings. The SMILES string of the molecule is Cc1ccccc1Cn1cccc1CN(C[C@@H](O)C(C)C)C1CCCCC1. The number of rotatable bonds is 8. The van der Waals surface area contributed by atoms with Gasteiger partial charge in [0.15, 0.2) is 0 Å². The van der Waals surface area contributed by atoms with Crippen LogP contribution in [0.3, 0.4) is 0 Å². The van der Waals surface area contributed by atoms with Crippen molar-refractivity contribution in [2.24, 2.45) is 5.92 Å². The van der Waals surface area contributed by atoms with Gasteiger partial charge in [-0.05, 0) is 48.9 Å². The predicted molar refractivity (Wildman–Crippen MR) is 113 cm³/mol. The fourth-order valence-corrected chi connectivity index (χ4v) is 4.17. The predicted octanol–water partition coefficient (Wildman–Crippen LogP) is 5.00. The monoisotopic (exact) mass is 368 g/mol. The van der Waals surface area contributed by atoms with Crippen LogP contribution in [0.1, 0.15) is 62.8 Å². The van der Waals surface area contributed by atoms with Gasteiger partial charge in [0.2, 0.25) is 0 Å². The van der Waals surface area contributed by atoms with Gasteiger partial charge in [0.1, 0.15) is 0 Å². The molecule has 0 radical (unpaired) electrons. The maximum Gasteiger partial charge on any atom is 0.0690 e. The summed E-state index contributed by atoms with van der Waals surface area (Å²) in [6.45, 7) is 9.03. The summed E-state index contributed by atoms with van der Waals surface area (Å²) in [6.07, 6.45) is 8.48. The molecule has 0 spiro atoms. The summed E-state index contributed by atoms with van der Waals surface area (Å²) in [5, 5.41) is 10.5. The van der Waals surface area contributed by atoms with Crippen molar-refractivity contribution >= 4 is 0 Å². The van der Waals surface area contributed by atoms with E-state index in [4.69, 9.17) is 0 Å². The number of aromatic nitrogens is 1. The van der Waals surface area contributed by atoms with E-state index in [0.717, 1.165) is 19.6 Å². The summed E-state index contributed by atoms with van der Waals surface area (Å²) in [4.78, 5) is 2.55. The van der Waals surface area contributed by atoms with Crippen LogP contribution in [0, 0.1) is 12.8 Å². The second-order valence-corrected chi connectivity index (χ2v) is 8.59. The quantitative estimate of drug-likeness (QED) is 0.710. The number of aliphatic hydroxyl groups excluding tert-OH is 1. The molecule has 2 aromatic rings.